The van der Waals surface area contributed by atoms with Crippen LogP contribution in [0.15, 0.2) is 24.4 Å². The van der Waals surface area contributed by atoms with E-state index in [0.29, 0.717) is 12.2 Å². The van der Waals surface area contributed by atoms with Gasteiger partial charge in [-0.2, -0.15) is 18.3 Å². The summed E-state index contributed by atoms with van der Waals surface area (Å²) in [5.74, 6) is 0. The second-order valence-electron chi connectivity index (χ2n) is 4.42. The molecule has 0 aliphatic heterocycles. The number of aromatic nitrogens is 2. The third-order valence-corrected chi connectivity index (χ3v) is 3.42. The van der Waals surface area contributed by atoms with E-state index in [-0.39, 0.29) is 5.02 Å². The minimum absolute atomic E-state index is 0.0429. The Morgan fingerprint density at radius 2 is 2.05 bits per heavy atom. The van der Waals surface area contributed by atoms with Crippen LogP contribution in [-0.4, -0.2) is 9.78 Å². The van der Waals surface area contributed by atoms with Gasteiger partial charge in [-0.3, -0.25) is 4.68 Å². The number of halogens is 4. The molecule has 20 heavy (non-hydrogen) atoms. The fourth-order valence-electron chi connectivity index (χ4n) is 1.74. The van der Waals surface area contributed by atoms with Crippen LogP contribution in [0.3, 0.4) is 0 Å². The van der Waals surface area contributed by atoms with Gasteiger partial charge < -0.3 is 5.32 Å². The first-order valence-electron chi connectivity index (χ1n) is 5.87. The van der Waals surface area contributed by atoms with E-state index in [9.17, 15) is 13.2 Å². The number of alkyl halides is 3. The maximum Gasteiger partial charge on any atom is 0.416 e. The first kappa shape index (κ1) is 14.7. The van der Waals surface area contributed by atoms with Gasteiger partial charge in [0.1, 0.15) is 0 Å². The molecule has 108 valence electrons. The second-order valence-corrected chi connectivity index (χ2v) is 4.83. The van der Waals surface area contributed by atoms with Crippen molar-refractivity contribution < 1.29 is 13.2 Å². The molecular weight excluding hydrogens is 291 g/mol. The van der Waals surface area contributed by atoms with Gasteiger partial charge in [0.25, 0.3) is 0 Å². The van der Waals surface area contributed by atoms with Gasteiger partial charge >= 0.3 is 6.18 Å². The molecule has 1 aromatic heterocycles. The summed E-state index contributed by atoms with van der Waals surface area (Å²) in [4.78, 5) is 0. The highest BCUT2D eigenvalue weighted by molar-refractivity contribution is 6.33. The maximum absolute atomic E-state index is 12.5. The average molecular weight is 304 g/mol. The molecule has 7 heteroatoms. The SMILES string of the molecule is Cc1c(CNc2ccc(C(F)(F)F)cc2Cl)cnn1C. The van der Waals surface area contributed by atoms with Crippen LogP contribution in [0, 0.1) is 6.92 Å². The molecule has 1 heterocycles. The fraction of sp³-hybridized carbons (Fsp3) is 0.308. The topological polar surface area (TPSA) is 29.9 Å². The van der Waals surface area contributed by atoms with Gasteiger partial charge in [-0.05, 0) is 25.1 Å². The molecule has 0 aliphatic carbocycles. The molecule has 0 saturated heterocycles. The van der Waals surface area contributed by atoms with E-state index in [1.54, 1.807) is 10.9 Å². The standard InChI is InChI=1S/C13H13ClF3N3/c1-8-9(7-19-20(8)2)6-18-12-4-3-10(5-11(12)14)13(15,16)17/h3-5,7,18H,6H2,1-2H3. The Labute approximate surface area is 119 Å². The van der Waals surface area contributed by atoms with Crippen molar-refractivity contribution in [1.82, 2.24) is 9.78 Å². The maximum atomic E-state index is 12.5. The molecule has 1 N–H and O–H groups in total. The highest BCUT2D eigenvalue weighted by atomic mass is 35.5. The molecule has 0 amide bonds. The van der Waals surface area contributed by atoms with E-state index in [1.807, 2.05) is 14.0 Å². The van der Waals surface area contributed by atoms with Crippen LogP contribution in [0.4, 0.5) is 18.9 Å². The molecule has 0 aliphatic rings. The molecule has 3 nitrogen and oxygen atoms in total. The quantitative estimate of drug-likeness (QED) is 0.928. The zero-order valence-electron chi connectivity index (χ0n) is 10.9. The molecule has 2 rings (SSSR count). The van der Waals surface area contributed by atoms with Crippen LogP contribution in [0.1, 0.15) is 16.8 Å². The van der Waals surface area contributed by atoms with Crippen LogP contribution in [-0.2, 0) is 19.8 Å². The number of rotatable bonds is 3. The van der Waals surface area contributed by atoms with Gasteiger partial charge in [0.2, 0.25) is 0 Å². The summed E-state index contributed by atoms with van der Waals surface area (Å²) < 4.78 is 39.3. The molecule has 0 saturated carbocycles. The highest BCUT2D eigenvalue weighted by Crippen LogP contribution is 2.33. The summed E-state index contributed by atoms with van der Waals surface area (Å²) in [7, 11) is 1.82. The smallest absolute Gasteiger partial charge is 0.380 e. The van der Waals surface area contributed by atoms with Crippen molar-refractivity contribution in [1.29, 1.82) is 0 Å². The molecule has 1 aromatic carbocycles. The predicted octanol–water partition coefficient (Wildman–Crippen LogP) is 4.01. The molecule has 0 atom stereocenters. The van der Waals surface area contributed by atoms with E-state index < -0.39 is 11.7 Å². The van der Waals surface area contributed by atoms with E-state index in [1.165, 1.54) is 6.07 Å². The average Bonchev–Trinajstić information content (AvgIpc) is 2.67. The van der Waals surface area contributed by atoms with Crippen LogP contribution in [0.5, 0.6) is 0 Å². The Morgan fingerprint density at radius 1 is 1.35 bits per heavy atom. The fourth-order valence-corrected chi connectivity index (χ4v) is 1.99. The summed E-state index contributed by atoms with van der Waals surface area (Å²) in [6.07, 6.45) is -2.68. The van der Waals surface area contributed by atoms with Crippen LogP contribution >= 0.6 is 11.6 Å². The van der Waals surface area contributed by atoms with Crippen molar-refractivity contribution in [3.8, 4) is 0 Å². The zero-order valence-corrected chi connectivity index (χ0v) is 11.7. The monoisotopic (exact) mass is 303 g/mol. The lowest BCUT2D eigenvalue weighted by Crippen LogP contribution is -2.06. The summed E-state index contributed by atoms with van der Waals surface area (Å²) >= 11 is 5.86. The van der Waals surface area contributed by atoms with E-state index in [0.717, 1.165) is 23.4 Å². The number of nitrogens with one attached hydrogen (secondary N) is 1. The Kier molecular flexibility index (Phi) is 3.94. The van der Waals surface area contributed by atoms with Crippen LogP contribution in [0.2, 0.25) is 5.02 Å². The van der Waals surface area contributed by atoms with Crippen molar-refractivity contribution in [3.05, 3.63) is 46.2 Å². The summed E-state index contributed by atoms with van der Waals surface area (Å²) in [5, 5.41) is 7.14. The van der Waals surface area contributed by atoms with Gasteiger partial charge in [-0.25, -0.2) is 0 Å². The minimum atomic E-state index is -4.39. The number of anilines is 1. The van der Waals surface area contributed by atoms with Crippen molar-refractivity contribution in [2.75, 3.05) is 5.32 Å². The first-order valence-corrected chi connectivity index (χ1v) is 6.25. The second kappa shape index (κ2) is 5.36. The van der Waals surface area contributed by atoms with Crippen molar-refractivity contribution >= 4 is 17.3 Å². The van der Waals surface area contributed by atoms with E-state index in [2.05, 4.69) is 10.4 Å². The molecule has 0 bridgehead atoms. The molecule has 0 unspecified atom stereocenters. The van der Waals surface area contributed by atoms with Gasteiger partial charge in [0.15, 0.2) is 0 Å². The number of aryl methyl sites for hydroxylation is 1. The number of nitrogens with zero attached hydrogens (tertiary/aromatic N) is 2. The van der Waals surface area contributed by atoms with Crippen molar-refractivity contribution in [2.45, 2.75) is 19.6 Å². The lowest BCUT2D eigenvalue weighted by molar-refractivity contribution is -0.137. The Balaban J connectivity index is 2.13. The Morgan fingerprint density at radius 3 is 2.55 bits per heavy atom. The van der Waals surface area contributed by atoms with Gasteiger partial charge in [0.05, 0.1) is 22.5 Å². The van der Waals surface area contributed by atoms with Gasteiger partial charge in [0, 0.05) is 24.8 Å². The predicted molar refractivity (Wildman–Crippen MR) is 71.7 cm³/mol. The lowest BCUT2D eigenvalue weighted by Gasteiger charge is -2.11. The molecule has 0 spiro atoms. The first-order chi connectivity index (χ1) is 9.29. The Bertz CT molecular complexity index is 620. The molecular formula is C13H13ClF3N3. The summed E-state index contributed by atoms with van der Waals surface area (Å²) in [5.41, 5.74) is 1.65. The lowest BCUT2D eigenvalue weighted by atomic mass is 10.2. The van der Waals surface area contributed by atoms with Gasteiger partial charge in [-0.15, -0.1) is 0 Å². The zero-order chi connectivity index (χ0) is 14.9. The summed E-state index contributed by atoms with van der Waals surface area (Å²) in [6, 6.07) is 3.25. The third kappa shape index (κ3) is 3.07. The highest BCUT2D eigenvalue weighted by Gasteiger charge is 2.30. The van der Waals surface area contributed by atoms with Gasteiger partial charge in [-0.1, -0.05) is 11.6 Å². The van der Waals surface area contributed by atoms with Crippen LogP contribution < -0.4 is 5.32 Å². The normalized spacial score (nSPS) is 11.7. The number of benzene rings is 1. The number of hydrogen-bond acceptors (Lipinski definition) is 2. The van der Waals surface area contributed by atoms with E-state index in [4.69, 9.17) is 11.6 Å². The van der Waals surface area contributed by atoms with Crippen molar-refractivity contribution in [2.24, 2.45) is 7.05 Å². The number of hydrogen-bond donors (Lipinski definition) is 1. The Hall–Kier alpha value is -1.69. The molecule has 0 radical (unpaired) electrons. The van der Waals surface area contributed by atoms with Crippen molar-refractivity contribution in [3.63, 3.8) is 0 Å². The van der Waals surface area contributed by atoms with E-state index >= 15 is 0 Å². The summed E-state index contributed by atoms with van der Waals surface area (Å²) in [6.45, 7) is 2.36. The molecule has 2 aromatic rings. The molecule has 0 fully saturated rings. The van der Waals surface area contributed by atoms with Crippen LogP contribution in [0.25, 0.3) is 0 Å². The largest absolute Gasteiger partial charge is 0.416 e. The third-order valence-electron chi connectivity index (χ3n) is 3.10. The minimum Gasteiger partial charge on any atom is -0.380 e.